The maximum absolute atomic E-state index is 12.9. The second-order valence-corrected chi connectivity index (χ2v) is 7.92. The molecule has 5 nitrogen and oxygen atoms in total. The molecule has 0 bridgehead atoms. The third kappa shape index (κ3) is 3.19. The number of urea groups is 1. The Morgan fingerprint density at radius 2 is 1.52 bits per heavy atom. The molecule has 0 radical (unpaired) electrons. The molecule has 0 saturated carbocycles. The highest BCUT2D eigenvalue weighted by atomic mass is 35.5. The van der Waals surface area contributed by atoms with Crippen LogP contribution in [0.4, 0.5) is 16.2 Å². The first-order chi connectivity index (χ1) is 14.9. The molecule has 2 amide bonds. The molecule has 1 aliphatic rings. The SMILES string of the molecule is O=C(Nc1cccc2c1C(=O)c1ccccc1-2)Nc1c(Cl)cc(Cl)c2ccc([O-])cc12. The Bertz CT molecular complexity index is 1420. The van der Waals surface area contributed by atoms with E-state index in [-0.39, 0.29) is 22.2 Å². The van der Waals surface area contributed by atoms with Crippen LogP contribution >= 0.6 is 23.2 Å². The maximum atomic E-state index is 12.9. The van der Waals surface area contributed by atoms with E-state index >= 15 is 0 Å². The number of anilines is 2. The predicted octanol–water partition coefficient (Wildman–Crippen LogP) is 6.08. The molecule has 0 unspecified atom stereocenters. The number of rotatable bonds is 2. The minimum atomic E-state index is -0.598. The minimum Gasteiger partial charge on any atom is -0.872 e. The van der Waals surface area contributed by atoms with Gasteiger partial charge in [-0.2, -0.15) is 0 Å². The molecule has 4 aromatic carbocycles. The van der Waals surface area contributed by atoms with Gasteiger partial charge in [0.25, 0.3) is 0 Å². The third-order valence-electron chi connectivity index (χ3n) is 5.25. The van der Waals surface area contributed by atoms with Gasteiger partial charge in [-0.3, -0.25) is 4.79 Å². The van der Waals surface area contributed by atoms with Gasteiger partial charge < -0.3 is 15.7 Å². The van der Waals surface area contributed by atoms with Gasteiger partial charge in [0, 0.05) is 16.3 Å². The van der Waals surface area contributed by atoms with Crippen molar-refractivity contribution in [1.82, 2.24) is 0 Å². The summed E-state index contributed by atoms with van der Waals surface area (Å²) in [5.41, 5.74) is 3.29. The van der Waals surface area contributed by atoms with Gasteiger partial charge >= 0.3 is 6.03 Å². The number of carbonyl (C=O) groups is 2. The molecule has 0 saturated heterocycles. The molecule has 0 atom stereocenters. The summed E-state index contributed by atoms with van der Waals surface area (Å²) in [6.07, 6.45) is 0. The Morgan fingerprint density at radius 3 is 2.32 bits per heavy atom. The summed E-state index contributed by atoms with van der Waals surface area (Å²) >= 11 is 12.5. The van der Waals surface area contributed by atoms with Gasteiger partial charge in [0.05, 0.1) is 27.0 Å². The van der Waals surface area contributed by atoms with Gasteiger partial charge in [-0.25, -0.2) is 4.79 Å². The Kier molecular flexibility index (Phi) is 4.58. The van der Waals surface area contributed by atoms with Gasteiger partial charge in [0.15, 0.2) is 5.78 Å². The van der Waals surface area contributed by atoms with E-state index in [0.29, 0.717) is 32.6 Å². The third-order valence-corrected chi connectivity index (χ3v) is 5.86. The number of carbonyl (C=O) groups excluding carboxylic acids is 2. The number of ketones is 1. The van der Waals surface area contributed by atoms with Crippen LogP contribution in [0.1, 0.15) is 15.9 Å². The topological polar surface area (TPSA) is 81.3 Å². The Labute approximate surface area is 187 Å². The first-order valence-electron chi connectivity index (χ1n) is 9.38. The highest BCUT2D eigenvalue weighted by Crippen LogP contribution is 2.41. The zero-order chi connectivity index (χ0) is 21.7. The lowest BCUT2D eigenvalue weighted by molar-refractivity contribution is -0.268. The van der Waals surface area contributed by atoms with Crippen LogP contribution in [0.3, 0.4) is 0 Å². The number of hydrogen-bond donors (Lipinski definition) is 2. The average molecular weight is 448 g/mol. The minimum absolute atomic E-state index is 0.146. The molecule has 152 valence electrons. The Balaban J connectivity index is 1.50. The molecular formula is C24H13Cl2N2O3-. The zero-order valence-electron chi connectivity index (χ0n) is 15.8. The van der Waals surface area contributed by atoms with Gasteiger partial charge in [-0.1, -0.05) is 77.8 Å². The number of nitrogens with one attached hydrogen (secondary N) is 2. The first kappa shape index (κ1) is 19.4. The quantitative estimate of drug-likeness (QED) is 0.344. The summed E-state index contributed by atoms with van der Waals surface area (Å²) in [5.74, 6) is -0.383. The first-order valence-corrected chi connectivity index (χ1v) is 10.1. The molecule has 7 heteroatoms. The molecule has 0 heterocycles. The van der Waals surface area contributed by atoms with E-state index in [4.69, 9.17) is 23.2 Å². The van der Waals surface area contributed by atoms with E-state index in [1.165, 1.54) is 18.2 Å². The second kappa shape index (κ2) is 7.30. The normalized spacial score (nSPS) is 11.9. The number of benzene rings is 4. The molecule has 1 aliphatic carbocycles. The summed E-state index contributed by atoms with van der Waals surface area (Å²) in [5, 5.41) is 18.9. The van der Waals surface area contributed by atoms with Gasteiger partial charge in [0.2, 0.25) is 0 Å². The van der Waals surface area contributed by atoms with Crippen LogP contribution in [0.15, 0.2) is 66.7 Å². The molecule has 0 aliphatic heterocycles. The lowest BCUT2D eigenvalue weighted by Gasteiger charge is -2.16. The number of fused-ring (bicyclic) bond motifs is 4. The summed E-state index contributed by atoms with van der Waals surface area (Å²) in [4.78, 5) is 25.7. The maximum Gasteiger partial charge on any atom is 0.323 e. The van der Waals surface area contributed by atoms with E-state index < -0.39 is 6.03 Å². The van der Waals surface area contributed by atoms with Crippen molar-refractivity contribution in [1.29, 1.82) is 0 Å². The fraction of sp³-hybridized carbons (Fsp3) is 0. The van der Waals surface area contributed by atoms with Crippen LogP contribution < -0.4 is 15.7 Å². The smallest absolute Gasteiger partial charge is 0.323 e. The standard InChI is InChI=1S/C24H14Cl2N2O3/c25-18-11-19(26)22(17-10-12(29)8-9-14(17)18)28-24(31)27-20-7-3-6-15-13-4-1-2-5-16(13)23(30)21(15)20/h1-11,29H,(H2,27,28,31)/p-1. The number of amides is 2. The Hall–Kier alpha value is -3.54. The monoisotopic (exact) mass is 447 g/mol. The van der Waals surface area contributed by atoms with E-state index in [0.717, 1.165) is 11.1 Å². The summed E-state index contributed by atoms with van der Waals surface area (Å²) < 4.78 is 0. The van der Waals surface area contributed by atoms with Crippen molar-refractivity contribution in [2.24, 2.45) is 0 Å². The number of hydrogen-bond acceptors (Lipinski definition) is 3. The van der Waals surface area contributed by atoms with E-state index in [2.05, 4.69) is 10.6 Å². The lowest BCUT2D eigenvalue weighted by atomic mass is 10.0. The van der Waals surface area contributed by atoms with E-state index in [9.17, 15) is 14.7 Å². The highest BCUT2D eigenvalue weighted by molar-refractivity contribution is 6.41. The van der Waals surface area contributed by atoms with Crippen molar-refractivity contribution in [2.45, 2.75) is 0 Å². The van der Waals surface area contributed by atoms with Crippen molar-refractivity contribution in [3.05, 3.63) is 87.9 Å². The molecule has 5 rings (SSSR count). The predicted molar refractivity (Wildman–Crippen MR) is 121 cm³/mol. The van der Waals surface area contributed by atoms with Gasteiger partial charge in [-0.15, -0.1) is 5.75 Å². The lowest BCUT2D eigenvalue weighted by Crippen LogP contribution is -2.21. The summed E-state index contributed by atoms with van der Waals surface area (Å²) in [6.45, 7) is 0. The van der Waals surface area contributed by atoms with Crippen LogP contribution in [0.5, 0.6) is 5.75 Å². The molecule has 0 fully saturated rings. The molecule has 31 heavy (non-hydrogen) atoms. The highest BCUT2D eigenvalue weighted by Gasteiger charge is 2.29. The van der Waals surface area contributed by atoms with Crippen LogP contribution in [0, 0.1) is 0 Å². The van der Waals surface area contributed by atoms with Crippen LogP contribution in [0.25, 0.3) is 21.9 Å². The summed E-state index contributed by atoms with van der Waals surface area (Å²) in [7, 11) is 0. The molecule has 2 N–H and O–H groups in total. The van der Waals surface area contributed by atoms with Crippen molar-refractivity contribution in [3.63, 3.8) is 0 Å². The zero-order valence-corrected chi connectivity index (χ0v) is 17.3. The van der Waals surface area contributed by atoms with Crippen molar-refractivity contribution < 1.29 is 14.7 Å². The van der Waals surface area contributed by atoms with Crippen LogP contribution in [0.2, 0.25) is 10.0 Å². The van der Waals surface area contributed by atoms with Gasteiger partial charge in [-0.05, 0) is 23.3 Å². The van der Waals surface area contributed by atoms with Crippen molar-refractivity contribution in [2.75, 3.05) is 10.6 Å². The fourth-order valence-electron chi connectivity index (χ4n) is 3.90. The van der Waals surface area contributed by atoms with Crippen LogP contribution in [-0.4, -0.2) is 11.8 Å². The van der Waals surface area contributed by atoms with Gasteiger partial charge in [0.1, 0.15) is 0 Å². The molecule has 4 aromatic rings. The molecule has 0 aromatic heterocycles. The largest absolute Gasteiger partial charge is 0.872 e. The second-order valence-electron chi connectivity index (χ2n) is 7.10. The summed E-state index contributed by atoms with van der Waals surface area (Å²) in [6, 6.07) is 17.9. The molecule has 0 spiro atoms. The van der Waals surface area contributed by atoms with E-state index in [1.807, 2.05) is 18.2 Å². The van der Waals surface area contributed by atoms with E-state index in [1.54, 1.807) is 30.3 Å². The van der Waals surface area contributed by atoms with Crippen molar-refractivity contribution >= 4 is 57.2 Å². The molecular weight excluding hydrogens is 435 g/mol. The average Bonchev–Trinajstić information content (AvgIpc) is 3.04. The number of halogens is 2. The Morgan fingerprint density at radius 1 is 0.774 bits per heavy atom. The van der Waals surface area contributed by atoms with Crippen molar-refractivity contribution in [3.8, 4) is 16.9 Å². The van der Waals surface area contributed by atoms with Crippen LogP contribution in [-0.2, 0) is 0 Å². The fourth-order valence-corrected chi connectivity index (χ4v) is 4.49.